The fourth-order valence-electron chi connectivity index (χ4n) is 3.59. The number of pyridine rings is 1. The van der Waals surface area contributed by atoms with E-state index >= 15 is 0 Å². The molecule has 0 amide bonds. The first-order valence-corrected chi connectivity index (χ1v) is 10.1. The quantitative estimate of drug-likeness (QED) is 0.198. The van der Waals surface area contributed by atoms with Crippen LogP contribution in [0.4, 0.5) is 5.69 Å². The second-order valence-electron chi connectivity index (χ2n) is 7.55. The van der Waals surface area contributed by atoms with E-state index in [0.29, 0.717) is 40.1 Å². The SMILES string of the molecule is Cc1cc(C(=N)N)cc2[nH]c(-c3c(NC=C(CO)Cc4ccccc4)cc[nH]c3=O)nc12. The number of anilines is 1. The molecule has 32 heavy (non-hydrogen) atoms. The van der Waals surface area contributed by atoms with Crippen LogP contribution >= 0.6 is 0 Å². The molecule has 0 radical (unpaired) electrons. The van der Waals surface area contributed by atoms with Crippen LogP contribution in [0.15, 0.2) is 71.3 Å². The Hall–Kier alpha value is -4.17. The first-order chi connectivity index (χ1) is 15.5. The highest BCUT2D eigenvalue weighted by Gasteiger charge is 2.16. The van der Waals surface area contributed by atoms with Gasteiger partial charge in [-0.05, 0) is 48.2 Å². The fraction of sp³-hybridized carbons (Fsp3) is 0.125. The summed E-state index contributed by atoms with van der Waals surface area (Å²) in [6, 6.07) is 15.1. The lowest BCUT2D eigenvalue weighted by molar-refractivity contribution is 0.328. The van der Waals surface area contributed by atoms with Crippen LogP contribution in [0.2, 0.25) is 0 Å². The molecule has 8 heteroatoms. The van der Waals surface area contributed by atoms with Crippen LogP contribution < -0.4 is 16.6 Å². The van der Waals surface area contributed by atoms with Crippen LogP contribution in [-0.2, 0) is 6.42 Å². The Labute approximate surface area is 184 Å². The van der Waals surface area contributed by atoms with E-state index in [1.807, 2.05) is 37.3 Å². The van der Waals surface area contributed by atoms with Crippen molar-refractivity contribution in [2.75, 3.05) is 11.9 Å². The molecule has 2 aromatic carbocycles. The number of aromatic amines is 2. The molecule has 0 aliphatic heterocycles. The molecule has 0 aliphatic carbocycles. The van der Waals surface area contributed by atoms with Crippen LogP contribution in [-0.4, -0.2) is 32.5 Å². The third kappa shape index (κ3) is 4.30. The van der Waals surface area contributed by atoms with Crippen molar-refractivity contribution in [1.29, 1.82) is 5.41 Å². The number of aliphatic hydroxyl groups excluding tert-OH is 1. The predicted molar refractivity (Wildman–Crippen MR) is 127 cm³/mol. The predicted octanol–water partition coefficient (Wildman–Crippen LogP) is 3.04. The molecule has 4 aromatic rings. The Morgan fingerprint density at radius 1 is 1.25 bits per heavy atom. The molecule has 7 N–H and O–H groups in total. The second-order valence-corrected chi connectivity index (χ2v) is 7.55. The number of amidine groups is 1. The third-order valence-electron chi connectivity index (χ3n) is 5.19. The molecule has 0 atom stereocenters. The van der Waals surface area contributed by atoms with Crippen molar-refractivity contribution in [1.82, 2.24) is 15.0 Å². The van der Waals surface area contributed by atoms with Gasteiger partial charge < -0.3 is 26.1 Å². The van der Waals surface area contributed by atoms with Gasteiger partial charge in [0.05, 0.1) is 23.3 Å². The normalized spacial score (nSPS) is 11.6. The maximum Gasteiger partial charge on any atom is 0.261 e. The summed E-state index contributed by atoms with van der Waals surface area (Å²) in [5.41, 5.74) is 10.9. The first kappa shape index (κ1) is 21.1. The summed E-state index contributed by atoms with van der Waals surface area (Å²) in [5, 5.41) is 20.6. The summed E-state index contributed by atoms with van der Waals surface area (Å²) >= 11 is 0. The Bertz CT molecular complexity index is 1370. The number of hydrogen-bond acceptors (Lipinski definition) is 5. The largest absolute Gasteiger partial charge is 0.392 e. The van der Waals surface area contributed by atoms with Gasteiger partial charge in [-0.15, -0.1) is 0 Å². The first-order valence-electron chi connectivity index (χ1n) is 10.1. The number of nitrogens with two attached hydrogens (primary N) is 1. The topological polar surface area (TPSA) is 144 Å². The molecule has 162 valence electrons. The van der Waals surface area contributed by atoms with E-state index in [0.717, 1.165) is 16.7 Å². The van der Waals surface area contributed by atoms with Crippen LogP contribution in [0.1, 0.15) is 16.7 Å². The summed E-state index contributed by atoms with van der Waals surface area (Å²) in [6.07, 6.45) is 3.85. The number of nitrogens with one attached hydrogen (secondary N) is 4. The van der Waals surface area contributed by atoms with E-state index in [9.17, 15) is 9.90 Å². The Balaban J connectivity index is 1.71. The van der Waals surface area contributed by atoms with E-state index in [1.54, 1.807) is 30.6 Å². The van der Waals surface area contributed by atoms with Crippen LogP contribution in [0.3, 0.4) is 0 Å². The van der Waals surface area contributed by atoms with Crippen molar-refractivity contribution in [3.05, 3.63) is 93.5 Å². The number of imidazole rings is 1. The molecule has 0 spiro atoms. The Morgan fingerprint density at radius 3 is 2.75 bits per heavy atom. The van der Waals surface area contributed by atoms with Gasteiger partial charge in [-0.1, -0.05) is 30.3 Å². The third-order valence-corrected chi connectivity index (χ3v) is 5.19. The van der Waals surface area contributed by atoms with Gasteiger partial charge in [0.25, 0.3) is 5.56 Å². The van der Waals surface area contributed by atoms with E-state index in [2.05, 4.69) is 20.3 Å². The van der Waals surface area contributed by atoms with Crippen molar-refractivity contribution in [2.45, 2.75) is 13.3 Å². The molecule has 0 unspecified atom stereocenters. The van der Waals surface area contributed by atoms with E-state index in [1.165, 1.54) is 0 Å². The minimum atomic E-state index is -0.305. The summed E-state index contributed by atoms with van der Waals surface area (Å²) in [6.45, 7) is 1.77. The average molecular weight is 428 g/mol. The summed E-state index contributed by atoms with van der Waals surface area (Å²) in [4.78, 5) is 23.2. The van der Waals surface area contributed by atoms with Crippen molar-refractivity contribution >= 4 is 22.6 Å². The van der Waals surface area contributed by atoms with Gasteiger partial charge in [0.2, 0.25) is 0 Å². The average Bonchev–Trinajstić information content (AvgIpc) is 3.21. The van der Waals surface area contributed by atoms with Crippen molar-refractivity contribution in [3.8, 4) is 11.4 Å². The van der Waals surface area contributed by atoms with Gasteiger partial charge in [0.1, 0.15) is 17.2 Å². The molecule has 2 heterocycles. The number of aliphatic hydroxyl groups is 1. The molecular weight excluding hydrogens is 404 g/mol. The molecular formula is C24H24N6O2. The molecule has 2 aromatic heterocycles. The minimum absolute atomic E-state index is 0.0360. The molecule has 0 bridgehead atoms. The lowest BCUT2D eigenvalue weighted by atomic mass is 10.1. The number of aromatic nitrogens is 3. The lowest BCUT2D eigenvalue weighted by Gasteiger charge is -2.09. The number of H-pyrrole nitrogens is 2. The van der Waals surface area contributed by atoms with Gasteiger partial charge in [0, 0.05) is 18.0 Å². The Morgan fingerprint density at radius 2 is 2.03 bits per heavy atom. The number of fused-ring (bicyclic) bond motifs is 1. The highest BCUT2D eigenvalue weighted by molar-refractivity contribution is 5.99. The smallest absolute Gasteiger partial charge is 0.261 e. The number of aryl methyl sites for hydroxylation is 1. The zero-order valence-electron chi connectivity index (χ0n) is 17.6. The van der Waals surface area contributed by atoms with Crippen molar-refractivity contribution in [3.63, 3.8) is 0 Å². The number of rotatable bonds is 7. The van der Waals surface area contributed by atoms with E-state index < -0.39 is 0 Å². The number of hydrogen-bond donors (Lipinski definition) is 6. The highest BCUT2D eigenvalue weighted by Crippen LogP contribution is 2.26. The van der Waals surface area contributed by atoms with E-state index in [4.69, 9.17) is 11.1 Å². The minimum Gasteiger partial charge on any atom is -0.392 e. The van der Waals surface area contributed by atoms with Gasteiger partial charge in [-0.3, -0.25) is 10.2 Å². The summed E-state index contributed by atoms with van der Waals surface area (Å²) < 4.78 is 0. The maximum atomic E-state index is 12.7. The van der Waals surface area contributed by atoms with Crippen LogP contribution in [0.25, 0.3) is 22.4 Å². The number of benzene rings is 2. The van der Waals surface area contributed by atoms with Crippen LogP contribution in [0.5, 0.6) is 0 Å². The Kier molecular flexibility index (Phi) is 5.87. The highest BCUT2D eigenvalue weighted by atomic mass is 16.3. The monoisotopic (exact) mass is 428 g/mol. The van der Waals surface area contributed by atoms with Gasteiger partial charge in [-0.25, -0.2) is 4.98 Å². The fourth-order valence-corrected chi connectivity index (χ4v) is 3.59. The number of nitrogen functional groups attached to an aromatic ring is 1. The van der Waals surface area contributed by atoms with E-state index in [-0.39, 0.29) is 18.0 Å². The molecule has 8 nitrogen and oxygen atoms in total. The van der Waals surface area contributed by atoms with Crippen molar-refractivity contribution in [2.24, 2.45) is 5.73 Å². The molecule has 0 aliphatic rings. The van der Waals surface area contributed by atoms with Gasteiger partial charge in [-0.2, -0.15) is 0 Å². The molecule has 4 rings (SSSR count). The maximum absolute atomic E-state index is 12.7. The molecule has 0 saturated heterocycles. The zero-order valence-corrected chi connectivity index (χ0v) is 17.6. The zero-order chi connectivity index (χ0) is 22.7. The van der Waals surface area contributed by atoms with Gasteiger partial charge in [0.15, 0.2) is 0 Å². The molecule has 0 fully saturated rings. The number of nitrogens with zero attached hydrogens (tertiary/aromatic N) is 1. The van der Waals surface area contributed by atoms with Gasteiger partial charge >= 0.3 is 0 Å². The summed E-state index contributed by atoms with van der Waals surface area (Å²) in [7, 11) is 0. The molecule has 0 saturated carbocycles. The standard InChI is InChI=1S/C24H24N6O2/c1-14-9-17(22(25)26)11-19-21(14)30-23(29-19)20-18(7-8-27-24(20)32)28-12-16(13-31)10-15-5-3-2-4-6-15/h2-9,11-12,31H,10,13H2,1H3,(H3,25,26)(H,29,30)(H2,27,28,32). The van der Waals surface area contributed by atoms with Crippen molar-refractivity contribution < 1.29 is 5.11 Å². The second kappa shape index (κ2) is 8.91. The van der Waals surface area contributed by atoms with Crippen LogP contribution in [0, 0.1) is 12.3 Å². The summed E-state index contributed by atoms with van der Waals surface area (Å²) in [5.74, 6) is 0.362. The lowest BCUT2D eigenvalue weighted by Crippen LogP contribution is -2.12.